The molecule has 2 aromatic carbocycles. The molecule has 4 nitrogen and oxygen atoms in total. The first-order valence-corrected chi connectivity index (χ1v) is 6.88. The molecular formula is C18H19ClN4. The van der Waals surface area contributed by atoms with Crippen molar-refractivity contribution in [2.24, 2.45) is 10.8 Å². The molecule has 0 aliphatic carbocycles. The van der Waals surface area contributed by atoms with Gasteiger partial charge in [-0.15, -0.1) is 12.4 Å². The molecule has 23 heavy (non-hydrogen) atoms. The van der Waals surface area contributed by atoms with Crippen LogP contribution in [0.15, 0.2) is 77.9 Å². The maximum absolute atomic E-state index is 7.19. The zero-order valence-electron chi connectivity index (χ0n) is 12.5. The van der Waals surface area contributed by atoms with Gasteiger partial charge in [0.1, 0.15) is 0 Å². The molecule has 0 heterocycles. The van der Waals surface area contributed by atoms with Gasteiger partial charge in [0.05, 0.1) is 5.71 Å². The highest BCUT2D eigenvalue weighted by Gasteiger charge is 1.92. The van der Waals surface area contributed by atoms with Crippen LogP contribution in [0.5, 0.6) is 0 Å². The smallest absolute Gasteiger partial charge is 0.206 e. The van der Waals surface area contributed by atoms with Crippen LogP contribution < -0.4 is 11.2 Å². The van der Waals surface area contributed by atoms with E-state index in [9.17, 15) is 0 Å². The second kappa shape index (κ2) is 9.97. The molecule has 0 fully saturated rings. The number of hydrazone groups is 1. The van der Waals surface area contributed by atoms with Gasteiger partial charge >= 0.3 is 0 Å². The number of benzene rings is 2. The number of nitrogens with two attached hydrogens (primary N) is 1. The Morgan fingerprint density at radius 3 is 1.70 bits per heavy atom. The maximum atomic E-state index is 7.19. The predicted molar refractivity (Wildman–Crippen MR) is 101 cm³/mol. The third-order valence-corrected chi connectivity index (χ3v) is 2.80. The standard InChI is InChI=1S/C18H18N4.ClH/c19-18(20)22-21-17(13-11-15-7-3-1-4-8-15)14-12-16-9-5-2-6-10-16;/h1-14H,(H4,19,20,22);1H. The van der Waals surface area contributed by atoms with Crippen LogP contribution in [0.4, 0.5) is 0 Å². The minimum absolute atomic E-state index is 0. The Morgan fingerprint density at radius 1 is 0.870 bits per heavy atom. The van der Waals surface area contributed by atoms with E-state index in [4.69, 9.17) is 11.1 Å². The van der Waals surface area contributed by atoms with Gasteiger partial charge < -0.3 is 5.73 Å². The Hall–Kier alpha value is -2.85. The molecule has 0 atom stereocenters. The van der Waals surface area contributed by atoms with Crippen molar-refractivity contribution in [2.45, 2.75) is 0 Å². The van der Waals surface area contributed by atoms with E-state index in [2.05, 4.69) is 10.5 Å². The third-order valence-electron chi connectivity index (χ3n) is 2.80. The second-order valence-electron chi connectivity index (χ2n) is 4.55. The molecule has 5 heteroatoms. The Morgan fingerprint density at radius 2 is 1.30 bits per heavy atom. The van der Waals surface area contributed by atoms with Crippen LogP contribution in [0.2, 0.25) is 0 Å². The monoisotopic (exact) mass is 326 g/mol. The lowest BCUT2D eigenvalue weighted by atomic mass is 10.1. The highest BCUT2D eigenvalue weighted by atomic mass is 35.5. The SMILES string of the molecule is Cl.N=C(N)NN=C(C=Cc1ccccc1)C=Cc1ccccc1. The normalized spacial score (nSPS) is 10.3. The highest BCUT2D eigenvalue weighted by molar-refractivity contribution is 6.08. The largest absolute Gasteiger partial charge is 0.369 e. The van der Waals surface area contributed by atoms with Crippen molar-refractivity contribution >= 4 is 36.2 Å². The molecule has 4 N–H and O–H groups in total. The van der Waals surface area contributed by atoms with Crippen molar-refractivity contribution in [3.05, 3.63) is 83.9 Å². The Kier molecular flexibility index (Phi) is 7.89. The van der Waals surface area contributed by atoms with Gasteiger partial charge in [-0.1, -0.05) is 72.8 Å². The second-order valence-corrected chi connectivity index (χ2v) is 4.55. The van der Waals surface area contributed by atoms with Gasteiger partial charge in [0, 0.05) is 0 Å². The Bertz CT molecular complexity index is 640. The van der Waals surface area contributed by atoms with Crippen molar-refractivity contribution in [2.75, 3.05) is 0 Å². The molecule has 0 aliphatic heterocycles. The minimum Gasteiger partial charge on any atom is -0.369 e. The predicted octanol–water partition coefficient (Wildman–Crippen LogP) is 3.67. The van der Waals surface area contributed by atoms with E-state index in [0.717, 1.165) is 11.1 Å². The number of halogens is 1. The molecule has 2 aromatic rings. The molecule has 2 rings (SSSR count). The number of guanidine groups is 1. The van der Waals surface area contributed by atoms with Crippen LogP contribution in [-0.2, 0) is 0 Å². The average molecular weight is 327 g/mol. The van der Waals surface area contributed by atoms with E-state index in [1.165, 1.54) is 0 Å². The summed E-state index contributed by atoms with van der Waals surface area (Å²) in [5.41, 5.74) is 10.6. The topological polar surface area (TPSA) is 74.3 Å². The fraction of sp³-hybridized carbons (Fsp3) is 0. The number of nitrogens with one attached hydrogen (secondary N) is 2. The van der Waals surface area contributed by atoms with Gasteiger partial charge in [-0.05, 0) is 23.3 Å². The van der Waals surface area contributed by atoms with Gasteiger partial charge in [-0.25, -0.2) is 5.43 Å². The molecule has 0 amide bonds. The van der Waals surface area contributed by atoms with Crippen LogP contribution in [0.25, 0.3) is 12.2 Å². The summed E-state index contributed by atoms with van der Waals surface area (Å²) in [6.45, 7) is 0. The Balaban J connectivity index is 0.00000264. The summed E-state index contributed by atoms with van der Waals surface area (Å²) in [7, 11) is 0. The van der Waals surface area contributed by atoms with Crippen LogP contribution in [-0.4, -0.2) is 11.7 Å². The molecule has 0 bridgehead atoms. The van der Waals surface area contributed by atoms with E-state index in [-0.39, 0.29) is 18.4 Å². The van der Waals surface area contributed by atoms with Gasteiger partial charge in [0.15, 0.2) is 0 Å². The van der Waals surface area contributed by atoms with Crippen LogP contribution >= 0.6 is 12.4 Å². The summed E-state index contributed by atoms with van der Waals surface area (Å²) < 4.78 is 0. The summed E-state index contributed by atoms with van der Waals surface area (Å²) in [6, 6.07) is 19.9. The Labute approximate surface area is 142 Å². The summed E-state index contributed by atoms with van der Waals surface area (Å²) in [5.74, 6) is -0.196. The molecule has 118 valence electrons. The van der Waals surface area contributed by atoms with Gasteiger partial charge in [-0.3, -0.25) is 5.41 Å². The number of hydrogen-bond donors (Lipinski definition) is 3. The fourth-order valence-corrected chi connectivity index (χ4v) is 1.75. The summed E-state index contributed by atoms with van der Waals surface area (Å²) >= 11 is 0. The van der Waals surface area contributed by atoms with Crippen LogP contribution in [0.1, 0.15) is 11.1 Å². The highest BCUT2D eigenvalue weighted by Crippen LogP contribution is 2.04. The van der Waals surface area contributed by atoms with E-state index >= 15 is 0 Å². The van der Waals surface area contributed by atoms with E-state index < -0.39 is 0 Å². The number of hydrogen-bond acceptors (Lipinski definition) is 2. The minimum atomic E-state index is -0.196. The van der Waals surface area contributed by atoms with Crippen molar-refractivity contribution in [3.8, 4) is 0 Å². The van der Waals surface area contributed by atoms with Crippen LogP contribution in [0.3, 0.4) is 0 Å². The van der Waals surface area contributed by atoms with E-state index in [1.54, 1.807) is 0 Å². The van der Waals surface area contributed by atoms with Crippen LogP contribution in [0, 0.1) is 5.41 Å². The first kappa shape index (κ1) is 18.2. The first-order valence-electron chi connectivity index (χ1n) is 6.88. The zero-order valence-corrected chi connectivity index (χ0v) is 13.3. The molecule has 0 unspecified atom stereocenters. The average Bonchev–Trinajstić information content (AvgIpc) is 2.56. The molecule has 0 saturated carbocycles. The molecule has 0 aliphatic rings. The van der Waals surface area contributed by atoms with E-state index in [1.807, 2.05) is 85.0 Å². The van der Waals surface area contributed by atoms with Gasteiger partial charge in [0.2, 0.25) is 5.96 Å². The summed E-state index contributed by atoms with van der Waals surface area (Å²) in [6.07, 6.45) is 7.64. The first-order chi connectivity index (χ1) is 10.7. The zero-order chi connectivity index (χ0) is 15.6. The van der Waals surface area contributed by atoms with E-state index in [0.29, 0.717) is 5.71 Å². The molecular weight excluding hydrogens is 308 g/mol. The van der Waals surface area contributed by atoms with Gasteiger partial charge in [-0.2, -0.15) is 5.10 Å². The number of allylic oxidation sites excluding steroid dienone is 2. The van der Waals surface area contributed by atoms with Crippen molar-refractivity contribution in [3.63, 3.8) is 0 Å². The molecule has 0 aromatic heterocycles. The molecule has 0 saturated heterocycles. The number of rotatable bonds is 5. The number of nitrogens with zero attached hydrogens (tertiary/aromatic N) is 1. The van der Waals surface area contributed by atoms with Gasteiger partial charge in [0.25, 0.3) is 0 Å². The lowest BCUT2D eigenvalue weighted by molar-refractivity contribution is 0.998. The maximum Gasteiger partial charge on any atom is 0.206 e. The molecule has 0 spiro atoms. The summed E-state index contributed by atoms with van der Waals surface area (Å²) in [5, 5.41) is 11.3. The van der Waals surface area contributed by atoms with Crippen molar-refractivity contribution in [1.82, 2.24) is 5.43 Å². The third kappa shape index (κ3) is 7.11. The van der Waals surface area contributed by atoms with Crippen molar-refractivity contribution < 1.29 is 0 Å². The summed E-state index contributed by atoms with van der Waals surface area (Å²) in [4.78, 5) is 0. The lowest BCUT2D eigenvalue weighted by Crippen LogP contribution is -2.26. The lowest BCUT2D eigenvalue weighted by Gasteiger charge is -1.98. The van der Waals surface area contributed by atoms with Crippen molar-refractivity contribution in [1.29, 1.82) is 5.41 Å². The molecule has 0 radical (unpaired) electrons. The quantitative estimate of drug-likeness (QED) is 0.445. The fourth-order valence-electron chi connectivity index (χ4n) is 1.75.